The van der Waals surface area contributed by atoms with Gasteiger partial charge in [0.2, 0.25) is 0 Å². The maximum Gasteiger partial charge on any atom is 0.311 e. The van der Waals surface area contributed by atoms with E-state index in [0.717, 1.165) is 5.75 Å². The van der Waals surface area contributed by atoms with Gasteiger partial charge in [-0.05, 0) is 27.2 Å². The lowest BCUT2D eigenvalue weighted by atomic mass is 9.97. The van der Waals surface area contributed by atoms with E-state index in [2.05, 4.69) is 20.8 Å². The zero-order valence-electron chi connectivity index (χ0n) is 13.6. The van der Waals surface area contributed by atoms with E-state index in [-0.39, 0.29) is 16.5 Å². The fraction of sp³-hybridized carbons (Fsp3) is 0.867. The van der Waals surface area contributed by atoms with Gasteiger partial charge in [0.05, 0.1) is 12.0 Å². The normalized spacial score (nSPS) is 12.3. The maximum absolute atomic E-state index is 11.6. The van der Waals surface area contributed by atoms with E-state index in [4.69, 9.17) is 4.74 Å². The number of esters is 1. The molecule has 3 nitrogen and oxygen atoms in total. The van der Waals surface area contributed by atoms with Crippen LogP contribution in [0.1, 0.15) is 60.8 Å². The average Bonchev–Trinajstić information content (AvgIpc) is 2.27. The third kappa shape index (κ3) is 11.6. The second-order valence-corrected chi connectivity index (χ2v) is 10.0. The summed E-state index contributed by atoms with van der Waals surface area (Å²) in [5, 5.41) is 0. The Hall–Kier alpha value is -0.160. The molecule has 0 aromatic heterocycles. The largest absolute Gasteiger partial charge is 0.465 e. The van der Waals surface area contributed by atoms with Crippen molar-refractivity contribution < 1.29 is 14.3 Å². The van der Waals surface area contributed by atoms with Crippen molar-refractivity contribution in [1.29, 1.82) is 0 Å². The molecular weight excluding hydrogens is 292 g/mol. The molecule has 0 saturated carbocycles. The van der Waals surface area contributed by atoms with Gasteiger partial charge in [0, 0.05) is 23.3 Å². The highest BCUT2D eigenvalue weighted by Gasteiger charge is 2.22. The molecule has 0 fully saturated rings. The van der Waals surface area contributed by atoms with Crippen molar-refractivity contribution >= 4 is 33.3 Å². The maximum atomic E-state index is 11.6. The lowest BCUT2D eigenvalue weighted by Crippen LogP contribution is -2.23. The van der Waals surface area contributed by atoms with E-state index in [1.54, 1.807) is 21.6 Å². The molecule has 0 rings (SSSR count). The van der Waals surface area contributed by atoms with E-state index in [0.29, 0.717) is 25.9 Å². The summed E-state index contributed by atoms with van der Waals surface area (Å²) in [6.45, 7) is 12.3. The van der Waals surface area contributed by atoms with Gasteiger partial charge in [-0.1, -0.05) is 42.4 Å². The van der Waals surface area contributed by atoms with Crippen molar-refractivity contribution in [3.05, 3.63) is 0 Å². The number of ether oxygens (including phenoxy) is 1. The second-order valence-electron chi connectivity index (χ2n) is 6.80. The average molecular weight is 321 g/mol. The lowest BCUT2D eigenvalue weighted by molar-refractivity contribution is -0.153. The van der Waals surface area contributed by atoms with E-state index in [1.807, 2.05) is 20.8 Å². The van der Waals surface area contributed by atoms with Crippen LogP contribution in [0.3, 0.4) is 0 Å². The van der Waals surface area contributed by atoms with Gasteiger partial charge in [-0.2, -0.15) is 0 Å². The summed E-state index contributed by atoms with van der Waals surface area (Å²) in [6, 6.07) is 0. The van der Waals surface area contributed by atoms with Crippen LogP contribution in [0.2, 0.25) is 0 Å². The zero-order chi connectivity index (χ0) is 15.8. The lowest BCUT2D eigenvalue weighted by Gasteiger charge is -2.16. The van der Waals surface area contributed by atoms with Crippen LogP contribution < -0.4 is 0 Å². The molecule has 0 aliphatic carbocycles. The molecule has 0 spiro atoms. The van der Waals surface area contributed by atoms with Crippen LogP contribution in [-0.4, -0.2) is 28.9 Å². The first-order valence-corrected chi connectivity index (χ1v) is 9.34. The Morgan fingerprint density at radius 2 is 1.60 bits per heavy atom. The molecule has 0 aromatic rings. The first kappa shape index (κ1) is 19.8. The van der Waals surface area contributed by atoms with Crippen LogP contribution >= 0.6 is 21.6 Å². The van der Waals surface area contributed by atoms with Crippen molar-refractivity contribution in [2.45, 2.75) is 65.6 Å². The minimum atomic E-state index is -0.467. The molecule has 20 heavy (non-hydrogen) atoms. The van der Waals surface area contributed by atoms with Crippen molar-refractivity contribution in [3.63, 3.8) is 0 Å². The van der Waals surface area contributed by atoms with E-state index < -0.39 is 5.41 Å². The molecule has 0 amide bonds. The number of carbonyl (C=O) groups is 2. The summed E-state index contributed by atoms with van der Waals surface area (Å²) in [7, 11) is 3.55. The van der Waals surface area contributed by atoms with Gasteiger partial charge in [0.25, 0.3) is 0 Å². The number of rotatable bonds is 8. The Bertz CT molecular complexity index is 314. The molecular formula is C15H28O3S2. The van der Waals surface area contributed by atoms with Crippen LogP contribution in [0.4, 0.5) is 0 Å². The van der Waals surface area contributed by atoms with Crippen molar-refractivity contribution in [2.24, 2.45) is 5.41 Å². The number of carbonyl (C=O) groups excluding carboxylic acids is 2. The summed E-state index contributed by atoms with van der Waals surface area (Å²) < 4.78 is 5.36. The molecule has 5 heteroatoms. The first-order valence-electron chi connectivity index (χ1n) is 7.02. The molecule has 0 unspecified atom stereocenters. The molecule has 0 aliphatic rings. The Balaban J connectivity index is 3.58. The van der Waals surface area contributed by atoms with Crippen LogP contribution in [-0.2, 0) is 14.3 Å². The van der Waals surface area contributed by atoms with Crippen molar-refractivity contribution in [3.8, 4) is 0 Å². The number of Topliss-reactive ketones (excluding diaryl/α,β-unsaturated/α-hetero) is 1. The quantitative estimate of drug-likeness (QED) is 0.374. The molecule has 118 valence electrons. The molecule has 0 saturated heterocycles. The molecule has 0 aromatic carbocycles. The minimum Gasteiger partial charge on any atom is -0.465 e. The van der Waals surface area contributed by atoms with Gasteiger partial charge in [-0.25, -0.2) is 0 Å². The van der Waals surface area contributed by atoms with E-state index in [9.17, 15) is 9.59 Å². The van der Waals surface area contributed by atoms with Crippen LogP contribution in [0.5, 0.6) is 0 Å². The fourth-order valence-electron chi connectivity index (χ4n) is 1.15. The highest BCUT2D eigenvalue weighted by atomic mass is 33.1. The standard InChI is InChI=1S/C15H28O3S2/c1-14(2,3)13(17)18-10-7-8-12(16)9-11-19-20-15(4,5)6/h7-11H2,1-6H3. The summed E-state index contributed by atoms with van der Waals surface area (Å²) in [5.74, 6) is 0.892. The molecule has 0 radical (unpaired) electrons. The zero-order valence-corrected chi connectivity index (χ0v) is 15.2. The minimum absolute atomic E-state index is 0.206. The van der Waals surface area contributed by atoms with E-state index >= 15 is 0 Å². The Morgan fingerprint density at radius 3 is 2.10 bits per heavy atom. The molecule has 0 bridgehead atoms. The third-order valence-corrected chi connectivity index (χ3v) is 5.56. The van der Waals surface area contributed by atoms with Gasteiger partial charge in [0.15, 0.2) is 0 Å². The summed E-state index contributed by atoms with van der Waals surface area (Å²) in [4.78, 5) is 23.1. The van der Waals surface area contributed by atoms with Gasteiger partial charge >= 0.3 is 5.97 Å². The SMILES string of the molecule is CC(C)(C)SSCCC(=O)CCCOC(=O)C(C)(C)C. The highest BCUT2D eigenvalue weighted by Crippen LogP contribution is 2.35. The third-order valence-electron chi connectivity index (χ3n) is 2.22. The highest BCUT2D eigenvalue weighted by molar-refractivity contribution is 8.77. The first-order chi connectivity index (χ1) is 9.02. The van der Waals surface area contributed by atoms with Crippen molar-refractivity contribution in [2.75, 3.05) is 12.4 Å². The Kier molecular flexibility index (Phi) is 8.91. The number of hydrogen-bond donors (Lipinski definition) is 0. The number of ketones is 1. The Labute approximate surface area is 131 Å². The topological polar surface area (TPSA) is 43.4 Å². The van der Waals surface area contributed by atoms with Gasteiger partial charge < -0.3 is 4.74 Å². The summed E-state index contributed by atoms with van der Waals surface area (Å²) in [5.41, 5.74) is -0.467. The second kappa shape index (κ2) is 8.98. The van der Waals surface area contributed by atoms with Gasteiger partial charge in [-0.3, -0.25) is 9.59 Å². The molecule has 0 atom stereocenters. The monoisotopic (exact) mass is 320 g/mol. The van der Waals surface area contributed by atoms with Crippen LogP contribution in [0.25, 0.3) is 0 Å². The van der Waals surface area contributed by atoms with Gasteiger partial charge in [0.1, 0.15) is 5.78 Å². The van der Waals surface area contributed by atoms with E-state index in [1.165, 1.54) is 0 Å². The number of hydrogen-bond acceptors (Lipinski definition) is 5. The predicted molar refractivity (Wildman–Crippen MR) is 89.1 cm³/mol. The summed E-state index contributed by atoms with van der Waals surface area (Å²) >= 11 is 0. The van der Waals surface area contributed by atoms with Crippen LogP contribution in [0.15, 0.2) is 0 Å². The smallest absolute Gasteiger partial charge is 0.311 e. The van der Waals surface area contributed by atoms with Crippen molar-refractivity contribution in [1.82, 2.24) is 0 Å². The Morgan fingerprint density at radius 1 is 1.00 bits per heavy atom. The molecule has 0 N–H and O–H groups in total. The molecule has 0 heterocycles. The summed E-state index contributed by atoms with van der Waals surface area (Å²) in [6.07, 6.45) is 1.72. The predicted octanol–water partition coefficient (Wildman–Crippen LogP) is 4.50. The van der Waals surface area contributed by atoms with Crippen LogP contribution in [0, 0.1) is 5.41 Å². The molecule has 0 aliphatic heterocycles. The fourth-order valence-corrected chi connectivity index (χ4v) is 3.46. The van der Waals surface area contributed by atoms with Gasteiger partial charge in [-0.15, -0.1) is 0 Å².